The summed E-state index contributed by atoms with van der Waals surface area (Å²) in [7, 11) is 0. The van der Waals surface area contributed by atoms with Crippen LogP contribution in [0.4, 0.5) is 5.82 Å². The van der Waals surface area contributed by atoms with Crippen molar-refractivity contribution in [1.29, 1.82) is 0 Å². The van der Waals surface area contributed by atoms with E-state index in [4.69, 9.17) is 5.73 Å². The molecule has 2 aromatic rings. The molecule has 2 aliphatic heterocycles. The van der Waals surface area contributed by atoms with Gasteiger partial charge in [0.1, 0.15) is 16.5 Å². The molecule has 4 heterocycles. The van der Waals surface area contributed by atoms with Crippen LogP contribution in [0.1, 0.15) is 25.1 Å². The first-order valence-corrected chi connectivity index (χ1v) is 8.63. The number of aromatic nitrogens is 2. The van der Waals surface area contributed by atoms with Crippen molar-refractivity contribution in [2.24, 2.45) is 0 Å². The molecule has 0 aromatic carbocycles. The van der Waals surface area contributed by atoms with E-state index in [1.54, 1.807) is 11.3 Å². The van der Waals surface area contributed by atoms with E-state index >= 15 is 0 Å². The number of nitrogens with two attached hydrogens (primary N) is 1. The lowest BCUT2D eigenvalue weighted by Gasteiger charge is -2.25. The van der Waals surface area contributed by atoms with Crippen LogP contribution in [-0.2, 0) is 6.54 Å². The molecule has 5 nitrogen and oxygen atoms in total. The topological polar surface area (TPSA) is 58.3 Å². The second-order valence-electron chi connectivity index (χ2n) is 6.09. The van der Waals surface area contributed by atoms with Gasteiger partial charge in [-0.25, -0.2) is 9.97 Å². The Morgan fingerprint density at radius 1 is 1.24 bits per heavy atom. The van der Waals surface area contributed by atoms with Crippen molar-refractivity contribution in [3.63, 3.8) is 0 Å². The average Bonchev–Trinajstić information content (AvgIpc) is 3.05. The second kappa shape index (κ2) is 5.51. The van der Waals surface area contributed by atoms with Gasteiger partial charge < -0.3 is 5.73 Å². The largest absolute Gasteiger partial charge is 0.383 e. The maximum atomic E-state index is 6.05. The quantitative estimate of drug-likeness (QED) is 0.919. The Morgan fingerprint density at radius 3 is 3.10 bits per heavy atom. The summed E-state index contributed by atoms with van der Waals surface area (Å²) in [4.78, 5) is 15.3. The van der Waals surface area contributed by atoms with Gasteiger partial charge >= 0.3 is 0 Å². The van der Waals surface area contributed by atoms with Gasteiger partial charge in [-0.1, -0.05) is 0 Å². The predicted molar refractivity (Wildman–Crippen MR) is 86.3 cm³/mol. The highest BCUT2D eigenvalue weighted by Crippen LogP contribution is 2.25. The Balaban J connectivity index is 1.53. The summed E-state index contributed by atoms with van der Waals surface area (Å²) in [5.41, 5.74) is 6.05. The molecule has 1 unspecified atom stereocenters. The molecule has 0 saturated carbocycles. The minimum absolute atomic E-state index is 0.619. The number of nitrogens with zero attached hydrogens (tertiary/aromatic N) is 4. The zero-order chi connectivity index (χ0) is 14.2. The maximum Gasteiger partial charge on any atom is 0.146 e. The van der Waals surface area contributed by atoms with Gasteiger partial charge in [-0.15, -0.1) is 11.3 Å². The highest BCUT2D eigenvalue weighted by Gasteiger charge is 2.28. The molecule has 0 aliphatic carbocycles. The van der Waals surface area contributed by atoms with Crippen LogP contribution < -0.4 is 5.73 Å². The Kier molecular flexibility index (Phi) is 3.52. The monoisotopic (exact) mass is 303 g/mol. The molecular weight excluding hydrogens is 282 g/mol. The molecule has 0 amide bonds. The van der Waals surface area contributed by atoms with Gasteiger partial charge in [-0.05, 0) is 50.3 Å². The molecule has 112 valence electrons. The smallest absolute Gasteiger partial charge is 0.146 e. The molecule has 2 fully saturated rings. The van der Waals surface area contributed by atoms with Crippen molar-refractivity contribution < 1.29 is 0 Å². The normalized spacial score (nSPS) is 24.3. The summed E-state index contributed by atoms with van der Waals surface area (Å²) in [5.74, 6) is 1.49. The van der Waals surface area contributed by atoms with E-state index in [-0.39, 0.29) is 0 Å². The van der Waals surface area contributed by atoms with Crippen LogP contribution in [0, 0.1) is 0 Å². The Morgan fingerprint density at radius 2 is 2.14 bits per heavy atom. The van der Waals surface area contributed by atoms with Gasteiger partial charge in [0.05, 0.1) is 11.9 Å². The van der Waals surface area contributed by atoms with Crippen LogP contribution >= 0.6 is 11.3 Å². The summed E-state index contributed by atoms with van der Waals surface area (Å²) in [6.45, 7) is 5.63. The molecule has 2 N–H and O–H groups in total. The summed E-state index contributed by atoms with van der Waals surface area (Å²) in [5, 5.41) is 3.02. The molecule has 2 aromatic heterocycles. The van der Waals surface area contributed by atoms with Crippen molar-refractivity contribution in [3.05, 3.63) is 17.3 Å². The lowest BCUT2D eigenvalue weighted by atomic mass is 10.2. The second-order valence-corrected chi connectivity index (χ2v) is 6.98. The SMILES string of the molecule is Nc1nc(CN2CCCN3CCCC3C2)nc2sccc12. The fourth-order valence-corrected chi connectivity index (χ4v) is 4.41. The van der Waals surface area contributed by atoms with Crippen LogP contribution in [0.5, 0.6) is 0 Å². The van der Waals surface area contributed by atoms with Gasteiger partial charge in [-0.2, -0.15) is 0 Å². The van der Waals surface area contributed by atoms with E-state index in [9.17, 15) is 0 Å². The Bertz CT molecular complexity index is 640. The van der Waals surface area contributed by atoms with Crippen molar-refractivity contribution in [3.8, 4) is 0 Å². The van der Waals surface area contributed by atoms with Gasteiger partial charge in [0.2, 0.25) is 0 Å². The van der Waals surface area contributed by atoms with E-state index < -0.39 is 0 Å². The first-order valence-electron chi connectivity index (χ1n) is 7.75. The van der Waals surface area contributed by atoms with E-state index in [2.05, 4.69) is 19.8 Å². The van der Waals surface area contributed by atoms with E-state index in [0.29, 0.717) is 5.82 Å². The molecule has 4 rings (SSSR count). The molecule has 2 saturated heterocycles. The maximum absolute atomic E-state index is 6.05. The third-order valence-corrected chi connectivity index (χ3v) is 5.46. The van der Waals surface area contributed by atoms with E-state index in [0.717, 1.165) is 41.7 Å². The lowest BCUT2D eigenvalue weighted by molar-refractivity contribution is 0.212. The first kappa shape index (κ1) is 13.4. The molecule has 0 radical (unpaired) electrons. The lowest BCUT2D eigenvalue weighted by Crippen LogP contribution is -2.36. The van der Waals surface area contributed by atoms with Crippen molar-refractivity contribution in [1.82, 2.24) is 19.8 Å². The summed E-state index contributed by atoms with van der Waals surface area (Å²) in [6.07, 6.45) is 3.93. The number of rotatable bonds is 2. The molecule has 0 bridgehead atoms. The summed E-state index contributed by atoms with van der Waals surface area (Å²) < 4.78 is 0. The van der Waals surface area contributed by atoms with Gasteiger partial charge in [-0.3, -0.25) is 9.80 Å². The standard InChI is InChI=1S/C15H21N5S/c16-14-12-4-8-21-15(12)18-13(17-14)10-19-5-2-7-20-6-1-3-11(20)9-19/h4,8,11H,1-3,5-7,9-10H2,(H2,16,17,18). The minimum atomic E-state index is 0.619. The number of hydrogen-bond acceptors (Lipinski definition) is 6. The van der Waals surface area contributed by atoms with Crippen LogP contribution in [0.3, 0.4) is 0 Å². The third-order valence-electron chi connectivity index (χ3n) is 4.65. The van der Waals surface area contributed by atoms with E-state index in [1.807, 2.05) is 11.4 Å². The molecule has 1 atom stereocenters. The van der Waals surface area contributed by atoms with Gasteiger partial charge in [0.15, 0.2) is 0 Å². The summed E-state index contributed by atoms with van der Waals surface area (Å²) in [6, 6.07) is 2.73. The first-order chi connectivity index (χ1) is 10.3. The highest BCUT2D eigenvalue weighted by atomic mass is 32.1. The third kappa shape index (κ3) is 2.63. The number of hydrogen-bond donors (Lipinski definition) is 1. The van der Waals surface area contributed by atoms with Gasteiger partial charge in [0, 0.05) is 12.6 Å². The molecule has 6 heteroatoms. The van der Waals surface area contributed by atoms with Crippen LogP contribution in [-0.4, -0.2) is 52.0 Å². The van der Waals surface area contributed by atoms with Crippen molar-refractivity contribution in [2.45, 2.75) is 31.8 Å². The number of nitrogen functional groups attached to an aromatic ring is 1. The van der Waals surface area contributed by atoms with Crippen molar-refractivity contribution in [2.75, 3.05) is 31.9 Å². The van der Waals surface area contributed by atoms with E-state index in [1.165, 1.54) is 32.4 Å². The molecule has 21 heavy (non-hydrogen) atoms. The fourth-order valence-electron chi connectivity index (χ4n) is 3.62. The van der Waals surface area contributed by atoms with Crippen LogP contribution in [0.2, 0.25) is 0 Å². The van der Waals surface area contributed by atoms with Crippen LogP contribution in [0.25, 0.3) is 10.2 Å². The Hall–Kier alpha value is -1.24. The Labute approximate surface area is 128 Å². The molecule has 2 aliphatic rings. The van der Waals surface area contributed by atoms with Crippen LogP contribution in [0.15, 0.2) is 11.4 Å². The molecular formula is C15H21N5S. The zero-order valence-corrected chi connectivity index (χ0v) is 13.0. The minimum Gasteiger partial charge on any atom is -0.383 e. The predicted octanol–water partition coefficient (Wildman–Crippen LogP) is 1.94. The highest BCUT2D eigenvalue weighted by molar-refractivity contribution is 7.16. The number of anilines is 1. The number of thiophene rings is 1. The molecule has 0 spiro atoms. The summed E-state index contributed by atoms with van der Waals surface area (Å²) >= 11 is 1.64. The number of fused-ring (bicyclic) bond motifs is 2. The van der Waals surface area contributed by atoms with Gasteiger partial charge in [0.25, 0.3) is 0 Å². The fraction of sp³-hybridized carbons (Fsp3) is 0.600. The average molecular weight is 303 g/mol. The zero-order valence-electron chi connectivity index (χ0n) is 12.2. The van der Waals surface area contributed by atoms with Crippen molar-refractivity contribution >= 4 is 27.4 Å².